The minimum Gasteiger partial charge on any atom is -0.473 e. The van der Waals surface area contributed by atoms with Gasteiger partial charge in [0.2, 0.25) is 11.8 Å². The van der Waals surface area contributed by atoms with E-state index >= 15 is 0 Å². The van der Waals surface area contributed by atoms with E-state index in [1.54, 1.807) is 13.1 Å². The SMILES string of the molecule is Cc1cccc(C)c1-c1cc(OC2CCNC2)nc(NS(=O)(=O)c2cnn(C)c2)n1. The molecule has 0 spiro atoms. The fourth-order valence-electron chi connectivity index (χ4n) is 3.49. The Morgan fingerprint density at radius 2 is 2.00 bits per heavy atom. The molecular formula is C20H24N6O3S. The highest BCUT2D eigenvalue weighted by molar-refractivity contribution is 7.92. The van der Waals surface area contributed by atoms with Crippen molar-refractivity contribution in [1.29, 1.82) is 0 Å². The molecule has 4 rings (SSSR count). The second-order valence-electron chi connectivity index (χ2n) is 7.37. The lowest BCUT2D eigenvalue weighted by Crippen LogP contribution is -2.21. The minimum absolute atomic E-state index is 0.0199. The van der Waals surface area contributed by atoms with E-state index in [1.807, 2.05) is 32.0 Å². The number of anilines is 1. The summed E-state index contributed by atoms with van der Waals surface area (Å²) in [7, 11) is -2.23. The fourth-order valence-corrected chi connectivity index (χ4v) is 4.42. The van der Waals surface area contributed by atoms with Gasteiger partial charge in [0.15, 0.2) is 0 Å². The van der Waals surface area contributed by atoms with Crippen molar-refractivity contribution in [2.45, 2.75) is 31.3 Å². The molecule has 1 aliphatic heterocycles. The Morgan fingerprint density at radius 1 is 1.23 bits per heavy atom. The van der Waals surface area contributed by atoms with Gasteiger partial charge < -0.3 is 10.1 Å². The molecule has 30 heavy (non-hydrogen) atoms. The Bertz CT molecular complexity index is 1150. The first-order chi connectivity index (χ1) is 14.3. The van der Waals surface area contributed by atoms with E-state index in [4.69, 9.17) is 4.74 Å². The van der Waals surface area contributed by atoms with E-state index in [-0.39, 0.29) is 16.9 Å². The maximum atomic E-state index is 12.8. The largest absolute Gasteiger partial charge is 0.473 e. The van der Waals surface area contributed by atoms with Crippen LogP contribution in [0.4, 0.5) is 5.95 Å². The van der Waals surface area contributed by atoms with E-state index in [0.717, 1.165) is 36.2 Å². The molecule has 1 unspecified atom stereocenters. The van der Waals surface area contributed by atoms with Crippen LogP contribution in [0.1, 0.15) is 17.5 Å². The van der Waals surface area contributed by atoms with Gasteiger partial charge >= 0.3 is 0 Å². The lowest BCUT2D eigenvalue weighted by molar-refractivity contribution is 0.214. The van der Waals surface area contributed by atoms with E-state index < -0.39 is 10.0 Å². The number of hydrogen-bond donors (Lipinski definition) is 2. The van der Waals surface area contributed by atoms with Gasteiger partial charge in [-0.15, -0.1) is 0 Å². The molecule has 3 aromatic rings. The zero-order valence-electron chi connectivity index (χ0n) is 17.1. The molecule has 0 saturated carbocycles. The summed E-state index contributed by atoms with van der Waals surface area (Å²) in [5, 5.41) is 7.17. The van der Waals surface area contributed by atoms with Crippen molar-refractivity contribution in [2.24, 2.45) is 7.05 Å². The molecule has 3 heterocycles. The monoisotopic (exact) mass is 428 g/mol. The third-order valence-corrected chi connectivity index (χ3v) is 6.24. The summed E-state index contributed by atoms with van der Waals surface area (Å²) in [5.74, 6) is 0.292. The summed E-state index contributed by atoms with van der Waals surface area (Å²) < 4.78 is 35.4. The molecule has 2 N–H and O–H groups in total. The molecular weight excluding hydrogens is 404 g/mol. The zero-order valence-corrected chi connectivity index (χ0v) is 17.9. The Kier molecular flexibility index (Phi) is 5.44. The van der Waals surface area contributed by atoms with Crippen LogP contribution in [0.3, 0.4) is 0 Å². The Hall–Kier alpha value is -2.98. The van der Waals surface area contributed by atoms with Crippen molar-refractivity contribution in [2.75, 3.05) is 17.8 Å². The number of aryl methyl sites for hydroxylation is 3. The Balaban J connectivity index is 1.75. The van der Waals surface area contributed by atoms with E-state index in [9.17, 15) is 8.42 Å². The normalized spacial score (nSPS) is 16.6. The highest BCUT2D eigenvalue weighted by Gasteiger charge is 2.22. The number of nitrogens with one attached hydrogen (secondary N) is 2. The highest BCUT2D eigenvalue weighted by Crippen LogP contribution is 2.29. The molecule has 1 aromatic carbocycles. The number of ether oxygens (including phenoxy) is 1. The molecule has 2 aromatic heterocycles. The van der Waals surface area contributed by atoms with E-state index in [2.05, 4.69) is 25.1 Å². The average molecular weight is 429 g/mol. The quantitative estimate of drug-likeness (QED) is 0.618. The molecule has 1 aliphatic rings. The maximum absolute atomic E-state index is 12.8. The van der Waals surface area contributed by atoms with Gasteiger partial charge in [-0.05, 0) is 37.9 Å². The standard InChI is InChI=1S/C20H24N6O3S/c1-13-5-4-6-14(2)19(13)17-9-18(29-15-7-8-21-10-15)24-20(23-17)25-30(27,28)16-11-22-26(3)12-16/h4-6,9,11-12,15,21H,7-8,10H2,1-3H3,(H,23,24,25). The molecule has 1 atom stereocenters. The number of nitrogens with zero attached hydrogens (tertiary/aromatic N) is 4. The van der Waals surface area contributed by atoms with Crippen LogP contribution < -0.4 is 14.8 Å². The van der Waals surface area contributed by atoms with Gasteiger partial charge in [0.05, 0.1) is 11.9 Å². The first kappa shape index (κ1) is 20.3. The number of rotatable bonds is 6. The summed E-state index contributed by atoms with van der Waals surface area (Å²) in [6, 6.07) is 7.72. The zero-order chi connectivity index (χ0) is 21.3. The molecule has 1 fully saturated rings. The van der Waals surface area contributed by atoms with Crippen molar-refractivity contribution in [3.05, 3.63) is 47.8 Å². The number of benzene rings is 1. The van der Waals surface area contributed by atoms with Crippen molar-refractivity contribution >= 4 is 16.0 Å². The van der Waals surface area contributed by atoms with Gasteiger partial charge in [-0.25, -0.2) is 18.1 Å². The van der Waals surface area contributed by atoms with Crippen LogP contribution in [0.5, 0.6) is 5.88 Å². The smallest absolute Gasteiger partial charge is 0.267 e. The first-order valence-electron chi connectivity index (χ1n) is 9.66. The average Bonchev–Trinajstić information content (AvgIpc) is 3.33. The second kappa shape index (κ2) is 8.04. The molecule has 158 valence electrons. The molecule has 10 heteroatoms. The van der Waals surface area contributed by atoms with Crippen LogP contribution in [0.2, 0.25) is 0 Å². The van der Waals surface area contributed by atoms with Gasteiger partial charge in [-0.1, -0.05) is 18.2 Å². The maximum Gasteiger partial charge on any atom is 0.267 e. The molecule has 0 bridgehead atoms. The third kappa shape index (κ3) is 4.29. The molecule has 9 nitrogen and oxygen atoms in total. The predicted molar refractivity (Wildman–Crippen MR) is 113 cm³/mol. The molecule has 0 amide bonds. The van der Waals surface area contributed by atoms with Gasteiger partial charge in [0.1, 0.15) is 11.0 Å². The lowest BCUT2D eigenvalue weighted by Gasteiger charge is -2.16. The summed E-state index contributed by atoms with van der Waals surface area (Å²) in [5.41, 5.74) is 3.59. The van der Waals surface area contributed by atoms with Crippen molar-refractivity contribution in [1.82, 2.24) is 25.1 Å². The van der Waals surface area contributed by atoms with Crippen LogP contribution in [-0.2, 0) is 17.1 Å². The van der Waals surface area contributed by atoms with Crippen molar-refractivity contribution < 1.29 is 13.2 Å². The van der Waals surface area contributed by atoms with Crippen molar-refractivity contribution in [3.63, 3.8) is 0 Å². The van der Waals surface area contributed by atoms with Gasteiger partial charge in [-0.2, -0.15) is 10.1 Å². The Morgan fingerprint density at radius 3 is 2.63 bits per heavy atom. The number of hydrogen-bond acceptors (Lipinski definition) is 7. The van der Waals surface area contributed by atoms with Gasteiger partial charge in [0.25, 0.3) is 10.0 Å². The molecule has 0 aliphatic carbocycles. The number of aromatic nitrogens is 4. The first-order valence-corrected chi connectivity index (χ1v) is 11.1. The summed E-state index contributed by atoms with van der Waals surface area (Å²) in [4.78, 5) is 8.85. The lowest BCUT2D eigenvalue weighted by atomic mass is 10.00. The minimum atomic E-state index is -3.88. The van der Waals surface area contributed by atoms with Crippen molar-refractivity contribution in [3.8, 4) is 17.1 Å². The van der Waals surface area contributed by atoms with E-state index in [0.29, 0.717) is 11.6 Å². The predicted octanol–water partition coefficient (Wildman–Crippen LogP) is 2.04. The highest BCUT2D eigenvalue weighted by atomic mass is 32.2. The third-order valence-electron chi connectivity index (χ3n) is 4.96. The second-order valence-corrected chi connectivity index (χ2v) is 9.05. The van der Waals surface area contributed by atoms with Crippen LogP contribution in [-0.4, -0.2) is 47.4 Å². The molecule has 1 saturated heterocycles. The van der Waals surface area contributed by atoms with Gasteiger partial charge in [-0.3, -0.25) is 4.68 Å². The summed E-state index contributed by atoms with van der Waals surface area (Å²) >= 11 is 0. The summed E-state index contributed by atoms with van der Waals surface area (Å²) in [6.07, 6.45) is 3.53. The van der Waals surface area contributed by atoms with Crippen LogP contribution in [0, 0.1) is 13.8 Å². The molecule has 0 radical (unpaired) electrons. The Labute approximate surface area is 175 Å². The topological polar surface area (TPSA) is 111 Å². The van der Waals surface area contributed by atoms with Gasteiger partial charge in [0, 0.05) is 31.4 Å². The van der Waals surface area contributed by atoms with E-state index in [1.165, 1.54) is 17.1 Å². The number of sulfonamides is 1. The van der Waals surface area contributed by atoms with Crippen LogP contribution in [0.15, 0.2) is 41.6 Å². The van der Waals surface area contributed by atoms with Crippen LogP contribution >= 0.6 is 0 Å². The van der Waals surface area contributed by atoms with Crippen LogP contribution in [0.25, 0.3) is 11.3 Å². The summed E-state index contributed by atoms with van der Waals surface area (Å²) in [6.45, 7) is 5.58. The fraction of sp³-hybridized carbons (Fsp3) is 0.350.